The van der Waals surface area contributed by atoms with Crippen LogP contribution in [0.25, 0.3) is 6.08 Å². The summed E-state index contributed by atoms with van der Waals surface area (Å²) in [5.74, 6) is -1.29. The molecule has 0 atom stereocenters. The average Bonchev–Trinajstić information content (AvgIpc) is 2.79. The molecule has 0 aliphatic carbocycles. The van der Waals surface area contributed by atoms with Gasteiger partial charge in [-0.25, -0.2) is 23.1 Å². The number of hydrogen-bond donors (Lipinski definition) is 1. The third kappa shape index (κ3) is 8.88. The Balaban J connectivity index is 2.00. The third-order valence-electron chi connectivity index (χ3n) is 4.26. The molecule has 0 heterocycles. The lowest BCUT2D eigenvalue weighted by Gasteiger charge is -2.11. The summed E-state index contributed by atoms with van der Waals surface area (Å²) < 4.78 is 38.7. The van der Waals surface area contributed by atoms with E-state index in [-0.39, 0.29) is 35.3 Å². The first-order chi connectivity index (χ1) is 16.5. The van der Waals surface area contributed by atoms with E-state index in [1.165, 1.54) is 43.5 Å². The molecule has 0 saturated carbocycles. The molecule has 0 amide bonds. The summed E-state index contributed by atoms with van der Waals surface area (Å²) >= 11 is 5.82. The first-order valence-corrected chi connectivity index (χ1v) is 11.8. The van der Waals surface area contributed by atoms with Crippen LogP contribution in [-0.4, -0.2) is 45.8 Å². The van der Waals surface area contributed by atoms with Crippen molar-refractivity contribution in [3.05, 3.63) is 68.7 Å². The number of esters is 2. The number of benzene rings is 2. The van der Waals surface area contributed by atoms with Crippen LogP contribution in [0.4, 0.5) is 0 Å². The molecule has 0 aliphatic heterocycles. The van der Waals surface area contributed by atoms with Crippen molar-refractivity contribution in [3.8, 4) is 11.5 Å². The Kier molecular flexibility index (Phi) is 9.99. The van der Waals surface area contributed by atoms with E-state index in [2.05, 4.69) is 4.84 Å². The summed E-state index contributed by atoms with van der Waals surface area (Å²) in [6.45, 7) is -0.0112. The molecule has 35 heavy (non-hydrogen) atoms. The van der Waals surface area contributed by atoms with Crippen molar-refractivity contribution in [1.82, 2.24) is 0 Å². The van der Waals surface area contributed by atoms with Crippen LogP contribution in [0, 0.1) is 10.1 Å². The number of nitrogens with two attached hydrogens (primary N) is 1. The van der Waals surface area contributed by atoms with Gasteiger partial charge < -0.3 is 19.0 Å². The highest BCUT2D eigenvalue weighted by Gasteiger charge is 2.19. The van der Waals surface area contributed by atoms with Gasteiger partial charge in [-0.3, -0.25) is 0 Å². The van der Waals surface area contributed by atoms with Crippen LogP contribution in [-0.2, 0) is 24.4 Å². The predicted octanol–water partition coefficient (Wildman–Crippen LogP) is 2.76. The van der Waals surface area contributed by atoms with Crippen LogP contribution < -0.4 is 14.6 Å². The molecule has 0 unspecified atom stereocenters. The van der Waals surface area contributed by atoms with Crippen LogP contribution in [0.2, 0.25) is 5.02 Å². The van der Waals surface area contributed by atoms with Gasteiger partial charge in [0, 0.05) is 6.08 Å². The zero-order valence-electron chi connectivity index (χ0n) is 18.3. The second kappa shape index (κ2) is 12.7. The monoisotopic (exact) mass is 528 g/mol. The second-order valence-electron chi connectivity index (χ2n) is 6.75. The minimum absolute atomic E-state index is 0.0428. The number of sulfonamides is 1. The first kappa shape index (κ1) is 27.6. The molecule has 0 aromatic heterocycles. The summed E-state index contributed by atoms with van der Waals surface area (Å²) in [6.07, 6.45) is 3.38. The van der Waals surface area contributed by atoms with E-state index in [4.69, 9.17) is 31.0 Å². The lowest BCUT2D eigenvalue weighted by atomic mass is 10.2. The Morgan fingerprint density at radius 2 is 1.83 bits per heavy atom. The van der Waals surface area contributed by atoms with Crippen molar-refractivity contribution in [3.63, 3.8) is 0 Å². The summed E-state index contributed by atoms with van der Waals surface area (Å²) in [5.41, 5.74) is 0.429. The molecule has 2 aromatic carbocycles. The van der Waals surface area contributed by atoms with E-state index in [1.807, 2.05) is 0 Å². The van der Waals surface area contributed by atoms with E-state index < -0.39 is 31.9 Å². The molecule has 14 heteroatoms. The Morgan fingerprint density at radius 1 is 1.11 bits per heavy atom. The number of unbranched alkanes of at least 4 members (excludes halogenated alkanes) is 1. The maximum Gasteiger partial charge on any atom is 0.343 e. The van der Waals surface area contributed by atoms with E-state index in [9.17, 15) is 28.1 Å². The molecule has 188 valence electrons. The SMILES string of the molecule is COc1cc(/C=C/C(=O)OCCCCO[N+](=O)[O-])ccc1OC(=O)c1ccc(Cl)c(S(N)(=O)=O)c1. The number of hydrogen-bond acceptors (Lipinski definition) is 10. The van der Waals surface area contributed by atoms with E-state index in [1.54, 1.807) is 6.07 Å². The molecular weight excluding hydrogens is 508 g/mol. The summed E-state index contributed by atoms with van der Waals surface area (Å²) in [7, 11) is -2.80. The van der Waals surface area contributed by atoms with Crippen molar-refractivity contribution < 1.29 is 42.1 Å². The van der Waals surface area contributed by atoms with Crippen molar-refractivity contribution in [2.75, 3.05) is 20.3 Å². The van der Waals surface area contributed by atoms with Gasteiger partial charge >= 0.3 is 11.9 Å². The molecule has 2 rings (SSSR count). The smallest absolute Gasteiger partial charge is 0.343 e. The molecule has 2 N–H and O–H groups in total. The minimum atomic E-state index is -4.15. The lowest BCUT2D eigenvalue weighted by Crippen LogP contribution is -2.15. The molecular formula is C21H21ClN2O10S. The first-order valence-electron chi connectivity index (χ1n) is 9.86. The standard InChI is InChI=1S/C21H21ClN2O10S/c1-31-18-12-14(5-9-20(25)32-10-2-3-11-33-24(27)28)4-8-17(18)34-21(26)15-6-7-16(22)19(13-15)35(23,29)30/h4-9,12-13H,2-3,10-11H2,1H3,(H2,23,29,30)/b9-5+. The molecule has 0 fully saturated rings. The normalized spacial score (nSPS) is 11.2. The summed E-state index contributed by atoms with van der Waals surface area (Å²) in [6, 6.07) is 7.96. The lowest BCUT2D eigenvalue weighted by molar-refractivity contribution is -0.757. The molecule has 12 nitrogen and oxygen atoms in total. The van der Waals surface area contributed by atoms with Crippen LogP contribution in [0.15, 0.2) is 47.4 Å². The van der Waals surface area contributed by atoms with Gasteiger partial charge in [-0.15, -0.1) is 10.1 Å². The fourth-order valence-electron chi connectivity index (χ4n) is 2.61. The van der Waals surface area contributed by atoms with Gasteiger partial charge in [-0.1, -0.05) is 17.7 Å². The largest absolute Gasteiger partial charge is 0.493 e. The molecule has 2 aromatic rings. The van der Waals surface area contributed by atoms with Crippen molar-refractivity contribution >= 4 is 39.6 Å². The highest BCUT2D eigenvalue weighted by molar-refractivity contribution is 7.89. The Hall–Kier alpha value is -3.68. The van der Waals surface area contributed by atoms with Gasteiger partial charge in [-0.05, 0) is 54.8 Å². The van der Waals surface area contributed by atoms with Gasteiger partial charge in [0.2, 0.25) is 10.0 Å². The molecule has 0 spiro atoms. The molecule has 0 radical (unpaired) electrons. The molecule has 0 saturated heterocycles. The highest BCUT2D eigenvalue weighted by Crippen LogP contribution is 2.30. The van der Waals surface area contributed by atoms with Crippen LogP contribution in [0.5, 0.6) is 11.5 Å². The molecule has 0 bridgehead atoms. The average molecular weight is 529 g/mol. The Morgan fingerprint density at radius 3 is 2.49 bits per heavy atom. The van der Waals surface area contributed by atoms with Gasteiger partial charge in [0.1, 0.15) is 4.90 Å². The van der Waals surface area contributed by atoms with Crippen LogP contribution in [0.3, 0.4) is 0 Å². The van der Waals surface area contributed by atoms with Gasteiger partial charge in [-0.2, -0.15) is 0 Å². The van der Waals surface area contributed by atoms with E-state index in [0.717, 1.165) is 6.07 Å². The number of ether oxygens (including phenoxy) is 3. The van der Waals surface area contributed by atoms with Gasteiger partial charge in [0.15, 0.2) is 11.5 Å². The number of primary sulfonamides is 1. The Bertz CT molecular complexity index is 1230. The topological polar surface area (TPSA) is 174 Å². The van der Waals surface area contributed by atoms with E-state index in [0.29, 0.717) is 18.4 Å². The van der Waals surface area contributed by atoms with Crippen molar-refractivity contribution in [2.45, 2.75) is 17.7 Å². The van der Waals surface area contributed by atoms with Gasteiger partial charge in [0.05, 0.1) is 30.9 Å². The number of nitrogens with zero attached hydrogens (tertiary/aromatic N) is 1. The summed E-state index contributed by atoms with van der Waals surface area (Å²) in [4.78, 5) is 38.0. The number of rotatable bonds is 12. The maximum atomic E-state index is 12.5. The van der Waals surface area contributed by atoms with Crippen molar-refractivity contribution in [2.24, 2.45) is 5.14 Å². The predicted molar refractivity (Wildman–Crippen MR) is 123 cm³/mol. The molecule has 0 aliphatic rings. The van der Waals surface area contributed by atoms with Crippen molar-refractivity contribution in [1.29, 1.82) is 0 Å². The highest BCUT2D eigenvalue weighted by atomic mass is 35.5. The van der Waals surface area contributed by atoms with Gasteiger partial charge in [0.25, 0.3) is 5.09 Å². The number of methoxy groups -OCH3 is 1. The Labute approximate surface area is 205 Å². The van der Waals surface area contributed by atoms with E-state index >= 15 is 0 Å². The fourth-order valence-corrected chi connectivity index (χ4v) is 3.68. The quantitative estimate of drug-likeness (QED) is 0.108. The number of halogens is 1. The zero-order chi connectivity index (χ0) is 26.0. The van der Waals surface area contributed by atoms with Crippen LogP contribution >= 0.6 is 11.6 Å². The number of carbonyl (C=O) groups excluding carboxylic acids is 2. The minimum Gasteiger partial charge on any atom is -0.493 e. The van der Waals surface area contributed by atoms with Crippen LogP contribution in [0.1, 0.15) is 28.8 Å². The fraction of sp³-hybridized carbons (Fsp3) is 0.238. The second-order valence-corrected chi connectivity index (χ2v) is 8.69. The maximum absolute atomic E-state index is 12.5. The summed E-state index contributed by atoms with van der Waals surface area (Å²) in [5, 5.41) is 14.1. The number of carbonyl (C=O) groups is 2. The third-order valence-corrected chi connectivity index (χ3v) is 5.65. The zero-order valence-corrected chi connectivity index (χ0v) is 19.9.